The molecule has 1 aromatic carbocycles. The Kier molecular flexibility index (Phi) is 3.03. The van der Waals surface area contributed by atoms with E-state index < -0.39 is 0 Å². The van der Waals surface area contributed by atoms with Gasteiger partial charge >= 0.3 is 0 Å². The van der Waals surface area contributed by atoms with Crippen LogP contribution in [0.4, 0.5) is 0 Å². The summed E-state index contributed by atoms with van der Waals surface area (Å²) in [4.78, 5) is 0. The fraction of sp³-hybridized carbons (Fsp3) is 0.444. The number of hydrogen-bond acceptors (Lipinski definition) is 2. The summed E-state index contributed by atoms with van der Waals surface area (Å²) in [5, 5.41) is 10.2. The summed E-state index contributed by atoms with van der Waals surface area (Å²) in [7, 11) is 0. The second-order valence-electron chi connectivity index (χ2n) is 6.48. The molecule has 1 aliphatic carbocycles. The maximum atomic E-state index is 10.2. The van der Waals surface area contributed by atoms with Crippen molar-refractivity contribution >= 4 is 0 Å². The number of aryl methyl sites for hydroxylation is 1. The van der Waals surface area contributed by atoms with Crippen molar-refractivity contribution in [2.24, 2.45) is 5.92 Å². The van der Waals surface area contributed by atoms with E-state index >= 15 is 0 Å². The van der Waals surface area contributed by atoms with E-state index in [1.807, 2.05) is 6.07 Å². The van der Waals surface area contributed by atoms with E-state index in [0.29, 0.717) is 5.92 Å². The molecule has 0 saturated heterocycles. The number of aliphatic hydroxyl groups is 1. The average Bonchev–Trinajstić information content (AvgIpc) is 3.09. The molecule has 0 radical (unpaired) electrons. The first-order valence-electron chi connectivity index (χ1n) is 7.79. The molecule has 3 nitrogen and oxygen atoms in total. The average molecular weight is 283 g/mol. The van der Waals surface area contributed by atoms with Crippen LogP contribution in [0.15, 0.2) is 36.7 Å². The zero-order valence-corrected chi connectivity index (χ0v) is 12.3. The van der Waals surface area contributed by atoms with Crippen molar-refractivity contribution in [3.05, 3.63) is 53.3 Å². The lowest BCUT2D eigenvalue weighted by molar-refractivity contribution is 0.153. The third-order valence-electron chi connectivity index (χ3n) is 4.56. The van der Waals surface area contributed by atoms with Gasteiger partial charge in [0.15, 0.2) is 0 Å². The minimum Gasteiger partial charge on any atom is -0.488 e. The molecule has 0 bridgehead atoms. The lowest BCUT2D eigenvalue weighted by Crippen LogP contribution is -2.19. The van der Waals surface area contributed by atoms with Crippen LogP contribution >= 0.6 is 0 Å². The van der Waals surface area contributed by atoms with Gasteiger partial charge in [-0.2, -0.15) is 0 Å². The quantitative estimate of drug-likeness (QED) is 0.934. The van der Waals surface area contributed by atoms with Gasteiger partial charge in [0.2, 0.25) is 0 Å². The first kappa shape index (κ1) is 13.0. The van der Waals surface area contributed by atoms with Crippen LogP contribution < -0.4 is 4.74 Å². The normalized spacial score (nSPS) is 21.9. The molecule has 110 valence electrons. The molecule has 0 spiro atoms. The molecule has 2 aliphatic rings. The number of rotatable bonds is 4. The highest BCUT2D eigenvalue weighted by Gasteiger charge is 2.31. The van der Waals surface area contributed by atoms with Crippen molar-refractivity contribution in [2.45, 2.75) is 44.9 Å². The van der Waals surface area contributed by atoms with Crippen LogP contribution in [0, 0.1) is 12.8 Å². The number of hydrogen-bond donors (Lipinski definition) is 1. The Bertz CT molecular complexity index is 657. The van der Waals surface area contributed by atoms with Gasteiger partial charge in [-0.05, 0) is 48.9 Å². The molecule has 2 aromatic rings. The minimum absolute atomic E-state index is 0.195. The fourth-order valence-electron chi connectivity index (χ4n) is 3.22. The second kappa shape index (κ2) is 4.92. The number of benzene rings is 1. The first-order chi connectivity index (χ1) is 10.2. The standard InChI is InChI=1S/C18H21NO2/c1-12-2-5-17-15(8-12)9-16(21-17)11-19-7-6-14(10-19)18(20)13-3-4-13/h2,5-8,10,13,16,18,20H,3-4,9,11H2,1H3. The van der Waals surface area contributed by atoms with E-state index in [1.54, 1.807) is 0 Å². The molecule has 21 heavy (non-hydrogen) atoms. The molecule has 1 aliphatic heterocycles. The Hall–Kier alpha value is -1.74. The van der Waals surface area contributed by atoms with Crippen LogP contribution in [0.5, 0.6) is 5.75 Å². The largest absolute Gasteiger partial charge is 0.488 e. The molecule has 1 aromatic heterocycles. The predicted molar refractivity (Wildman–Crippen MR) is 81.4 cm³/mol. The molecule has 1 N–H and O–H groups in total. The van der Waals surface area contributed by atoms with Gasteiger partial charge in [-0.1, -0.05) is 17.7 Å². The van der Waals surface area contributed by atoms with Crippen LogP contribution in [0.2, 0.25) is 0 Å². The minimum atomic E-state index is -0.282. The monoisotopic (exact) mass is 283 g/mol. The summed E-state index contributed by atoms with van der Waals surface area (Å²) in [6.45, 7) is 2.95. The Morgan fingerprint density at radius 3 is 3.00 bits per heavy atom. The second-order valence-corrected chi connectivity index (χ2v) is 6.48. The zero-order chi connectivity index (χ0) is 14.4. The predicted octanol–water partition coefficient (Wildman–Crippen LogP) is 3.24. The third kappa shape index (κ3) is 2.58. The lowest BCUT2D eigenvalue weighted by Gasteiger charge is -2.12. The van der Waals surface area contributed by atoms with Gasteiger partial charge in [0.1, 0.15) is 11.9 Å². The lowest BCUT2D eigenvalue weighted by atomic mass is 10.1. The van der Waals surface area contributed by atoms with E-state index in [1.165, 1.54) is 11.1 Å². The molecule has 1 saturated carbocycles. The summed E-state index contributed by atoms with van der Waals surface area (Å²) in [6, 6.07) is 8.42. The molecule has 4 rings (SSSR count). The number of aliphatic hydroxyl groups excluding tert-OH is 1. The van der Waals surface area contributed by atoms with E-state index in [4.69, 9.17) is 4.74 Å². The van der Waals surface area contributed by atoms with Crippen molar-refractivity contribution in [1.82, 2.24) is 4.57 Å². The zero-order valence-electron chi connectivity index (χ0n) is 12.3. The van der Waals surface area contributed by atoms with E-state index in [9.17, 15) is 5.11 Å². The summed E-state index contributed by atoms with van der Waals surface area (Å²) < 4.78 is 8.16. The molecule has 1 fully saturated rings. The van der Waals surface area contributed by atoms with Gasteiger partial charge in [0, 0.05) is 18.8 Å². The van der Waals surface area contributed by atoms with Crippen molar-refractivity contribution in [1.29, 1.82) is 0 Å². The fourth-order valence-corrected chi connectivity index (χ4v) is 3.22. The summed E-state index contributed by atoms with van der Waals surface area (Å²) in [5.41, 5.74) is 3.64. The van der Waals surface area contributed by atoms with Crippen molar-refractivity contribution in [3.8, 4) is 5.75 Å². The van der Waals surface area contributed by atoms with Crippen LogP contribution in [-0.4, -0.2) is 15.8 Å². The number of nitrogens with zero attached hydrogens (tertiary/aromatic N) is 1. The molecule has 0 amide bonds. The maximum absolute atomic E-state index is 10.2. The van der Waals surface area contributed by atoms with E-state index in [0.717, 1.165) is 37.1 Å². The molecule has 2 heterocycles. The van der Waals surface area contributed by atoms with Gasteiger partial charge < -0.3 is 14.4 Å². The molecule has 3 heteroatoms. The van der Waals surface area contributed by atoms with Gasteiger partial charge in [0.05, 0.1) is 12.6 Å². The van der Waals surface area contributed by atoms with Gasteiger partial charge in [0.25, 0.3) is 0 Å². The van der Waals surface area contributed by atoms with Gasteiger partial charge in [-0.15, -0.1) is 0 Å². The van der Waals surface area contributed by atoms with Crippen molar-refractivity contribution in [3.63, 3.8) is 0 Å². The topological polar surface area (TPSA) is 34.4 Å². The Morgan fingerprint density at radius 2 is 2.19 bits per heavy atom. The van der Waals surface area contributed by atoms with Crippen molar-refractivity contribution in [2.75, 3.05) is 0 Å². The highest BCUT2D eigenvalue weighted by atomic mass is 16.5. The number of aromatic nitrogens is 1. The Morgan fingerprint density at radius 1 is 1.33 bits per heavy atom. The van der Waals surface area contributed by atoms with E-state index in [-0.39, 0.29) is 12.2 Å². The van der Waals surface area contributed by atoms with Crippen LogP contribution in [0.3, 0.4) is 0 Å². The highest BCUT2D eigenvalue weighted by Crippen LogP contribution is 2.41. The van der Waals surface area contributed by atoms with Gasteiger partial charge in [-0.3, -0.25) is 0 Å². The Balaban J connectivity index is 1.43. The smallest absolute Gasteiger partial charge is 0.123 e. The summed E-state index contributed by atoms with van der Waals surface area (Å²) in [5.74, 6) is 1.51. The highest BCUT2D eigenvalue weighted by molar-refractivity contribution is 5.40. The number of fused-ring (bicyclic) bond motifs is 1. The summed E-state index contributed by atoms with van der Waals surface area (Å²) >= 11 is 0. The van der Waals surface area contributed by atoms with Crippen molar-refractivity contribution < 1.29 is 9.84 Å². The maximum Gasteiger partial charge on any atom is 0.123 e. The van der Waals surface area contributed by atoms with Crippen LogP contribution in [-0.2, 0) is 13.0 Å². The molecular formula is C18H21NO2. The Labute approximate surface area is 125 Å². The van der Waals surface area contributed by atoms with Crippen LogP contribution in [0.1, 0.15) is 35.6 Å². The van der Waals surface area contributed by atoms with E-state index in [2.05, 4.69) is 42.1 Å². The SMILES string of the molecule is Cc1ccc2c(c1)CC(Cn1ccc(C(O)C3CC3)c1)O2. The first-order valence-corrected chi connectivity index (χ1v) is 7.79. The van der Waals surface area contributed by atoms with Gasteiger partial charge in [-0.25, -0.2) is 0 Å². The molecular weight excluding hydrogens is 262 g/mol. The van der Waals surface area contributed by atoms with Crippen LogP contribution in [0.25, 0.3) is 0 Å². The third-order valence-corrected chi connectivity index (χ3v) is 4.56. The molecule has 2 atom stereocenters. The number of ether oxygens (including phenoxy) is 1. The summed E-state index contributed by atoms with van der Waals surface area (Å²) in [6.07, 6.45) is 7.32. The molecule has 2 unspecified atom stereocenters.